The molecule has 0 saturated carbocycles. The van der Waals surface area contributed by atoms with E-state index in [1.54, 1.807) is 17.0 Å². The molecule has 3 aromatic rings. The Morgan fingerprint density at radius 1 is 1.07 bits per heavy atom. The molecule has 0 fully saturated rings. The van der Waals surface area contributed by atoms with Crippen LogP contribution in [0.5, 0.6) is 5.75 Å². The van der Waals surface area contributed by atoms with E-state index in [0.717, 1.165) is 22.1 Å². The summed E-state index contributed by atoms with van der Waals surface area (Å²) in [5.74, 6) is 0.124. The van der Waals surface area contributed by atoms with Crippen molar-refractivity contribution in [1.82, 2.24) is 0 Å². The number of aryl methyl sites for hydroxylation is 1. The zero-order valence-electron chi connectivity index (χ0n) is 17.2. The number of carbonyl (C=O) groups excluding carboxylic acids is 2. The minimum Gasteiger partial charge on any atom is -0.494 e. The zero-order chi connectivity index (χ0) is 21.3. The number of hydrogen-bond donors (Lipinski definition) is 1. The van der Waals surface area contributed by atoms with Crippen molar-refractivity contribution >= 4 is 28.2 Å². The predicted molar refractivity (Wildman–Crippen MR) is 117 cm³/mol. The van der Waals surface area contributed by atoms with Crippen LogP contribution in [0.2, 0.25) is 0 Å². The molecule has 1 aliphatic heterocycles. The number of para-hydroxylation sites is 1. The standard InChI is InChI=1S/C25H25NO4/c1-17-7-5-10-22-23(17)26(24(28)25(22,29)16-18(2)27)13-6-14-30-21-12-11-19-8-3-4-9-20(19)15-21/h3-5,7-12,15,29H,6,13-14,16H2,1-2H3. The number of aliphatic hydroxyl groups is 1. The monoisotopic (exact) mass is 403 g/mol. The van der Waals surface area contributed by atoms with Gasteiger partial charge in [0, 0.05) is 18.5 Å². The average molecular weight is 403 g/mol. The van der Waals surface area contributed by atoms with Crippen LogP contribution in [-0.2, 0) is 15.2 Å². The van der Waals surface area contributed by atoms with Crippen molar-refractivity contribution < 1.29 is 19.4 Å². The molecule has 1 amide bonds. The van der Waals surface area contributed by atoms with Gasteiger partial charge in [-0.2, -0.15) is 0 Å². The molecule has 5 heteroatoms. The summed E-state index contributed by atoms with van der Waals surface area (Å²) in [6.07, 6.45) is 0.384. The highest BCUT2D eigenvalue weighted by Gasteiger charge is 2.50. The predicted octanol–water partition coefficient (Wildman–Crippen LogP) is 4.13. The Kier molecular flexibility index (Phi) is 5.31. The van der Waals surface area contributed by atoms with Gasteiger partial charge in [0.1, 0.15) is 11.5 Å². The molecule has 3 aromatic carbocycles. The number of benzene rings is 3. The van der Waals surface area contributed by atoms with Crippen LogP contribution in [0.3, 0.4) is 0 Å². The number of ketones is 1. The maximum atomic E-state index is 13.1. The maximum Gasteiger partial charge on any atom is 0.264 e. The summed E-state index contributed by atoms with van der Waals surface area (Å²) < 4.78 is 5.89. The Morgan fingerprint density at radius 3 is 2.60 bits per heavy atom. The second-order valence-electron chi connectivity index (χ2n) is 7.88. The highest BCUT2D eigenvalue weighted by atomic mass is 16.5. The third-order valence-corrected chi connectivity index (χ3v) is 5.57. The third-order valence-electron chi connectivity index (χ3n) is 5.57. The van der Waals surface area contributed by atoms with Crippen molar-refractivity contribution in [2.45, 2.75) is 32.3 Å². The molecule has 0 spiro atoms. The van der Waals surface area contributed by atoms with Gasteiger partial charge in [-0.15, -0.1) is 0 Å². The summed E-state index contributed by atoms with van der Waals surface area (Å²) in [6.45, 7) is 4.14. The molecule has 0 radical (unpaired) electrons. The van der Waals surface area contributed by atoms with E-state index in [2.05, 4.69) is 6.07 Å². The van der Waals surface area contributed by atoms with E-state index in [4.69, 9.17) is 4.74 Å². The van der Waals surface area contributed by atoms with Gasteiger partial charge in [0.2, 0.25) is 0 Å². The number of nitrogens with zero attached hydrogens (tertiary/aromatic N) is 1. The van der Waals surface area contributed by atoms with E-state index < -0.39 is 11.5 Å². The van der Waals surface area contributed by atoms with Gasteiger partial charge < -0.3 is 14.7 Å². The van der Waals surface area contributed by atoms with Crippen molar-refractivity contribution in [1.29, 1.82) is 0 Å². The average Bonchev–Trinajstić information content (AvgIpc) is 2.93. The number of carbonyl (C=O) groups is 2. The Hall–Kier alpha value is -3.18. The highest BCUT2D eigenvalue weighted by molar-refractivity contribution is 6.09. The quantitative estimate of drug-likeness (QED) is 0.603. The van der Waals surface area contributed by atoms with Crippen molar-refractivity contribution in [2.24, 2.45) is 0 Å². The van der Waals surface area contributed by atoms with Crippen LogP contribution >= 0.6 is 0 Å². The zero-order valence-corrected chi connectivity index (χ0v) is 17.2. The topological polar surface area (TPSA) is 66.8 Å². The first-order chi connectivity index (χ1) is 14.4. The molecule has 1 unspecified atom stereocenters. The fourth-order valence-corrected chi connectivity index (χ4v) is 4.21. The first-order valence-electron chi connectivity index (χ1n) is 10.2. The summed E-state index contributed by atoms with van der Waals surface area (Å²) in [5.41, 5.74) is 0.331. The number of fused-ring (bicyclic) bond motifs is 2. The molecule has 0 aromatic heterocycles. The van der Waals surface area contributed by atoms with Gasteiger partial charge in [0.15, 0.2) is 5.60 Å². The number of rotatable bonds is 7. The third kappa shape index (κ3) is 3.57. The number of anilines is 1. The minimum absolute atomic E-state index is 0.216. The normalized spacial score (nSPS) is 18.0. The Labute approximate surface area is 175 Å². The number of Topliss-reactive ketones (excluding diaryl/α,β-unsaturated/α-hetero) is 1. The van der Waals surface area contributed by atoms with Gasteiger partial charge in [0.25, 0.3) is 5.91 Å². The van der Waals surface area contributed by atoms with Crippen LogP contribution in [0.15, 0.2) is 60.7 Å². The molecule has 1 heterocycles. The van der Waals surface area contributed by atoms with Gasteiger partial charge in [0.05, 0.1) is 12.3 Å². The largest absolute Gasteiger partial charge is 0.494 e. The number of amides is 1. The summed E-state index contributed by atoms with van der Waals surface area (Å²) in [7, 11) is 0. The van der Waals surface area contributed by atoms with Crippen LogP contribution in [0, 0.1) is 6.92 Å². The van der Waals surface area contributed by atoms with E-state index in [1.807, 2.05) is 49.4 Å². The Balaban J connectivity index is 1.46. The van der Waals surface area contributed by atoms with Crippen LogP contribution < -0.4 is 9.64 Å². The number of hydrogen-bond acceptors (Lipinski definition) is 4. The van der Waals surface area contributed by atoms with E-state index in [9.17, 15) is 14.7 Å². The lowest BCUT2D eigenvalue weighted by atomic mass is 9.89. The SMILES string of the molecule is CC(=O)CC1(O)C(=O)N(CCCOc2ccc3ccccc3c2)c2c(C)cccc21. The van der Waals surface area contributed by atoms with E-state index in [0.29, 0.717) is 30.8 Å². The molecular weight excluding hydrogens is 378 g/mol. The maximum absolute atomic E-state index is 13.1. The van der Waals surface area contributed by atoms with E-state index in [-0.39, 0.29) is 12.2 Å². The highest BCUT2D eigenvalue weighted by Crippen LogP contribution is 2.44. The molecule has 1 aliphatic rings. The van der Waals surface area contributed by atoms with Crippen LogP contribution in [0.25, 0.3) is 10.8 Å². The lowest BCUT2D eigenvalue weighted by molar-refractivity contribution is -0.141. The van der Waals surface area contributed by atoms with Gasteiger partial charge in [-0.1, -0.05) is 48.5 Å². The van der Waals surface area contributed by atoms with Gasteiger partial charge in [-0.05, 0) is 48.7 Å². The van der Waals surface area contributed by atoms with Crippen LogP contribution in [0.1, 0.15) is 30.9 Å². The fraction of sp³-hybridized carbons (Fsp3) is 0.280. The first kappa shape index (κ1) is 20.1. The molecule has 154 valence electrons. The van der Waals surface area contributed by atoms with Gasteiger partial charge in [-0.25, -0.2) is 0 Å². The molecule has 0 saturated heterocycles. The molecule has 1 N–H and O–H groups in total. The summed E-state index contributed by atoms with van der Waals surface area (Å²) >= 11 is 0. The van der Waals surface area contributed by atoms with Crippen molar-refractivity contribution in [3.05, 3.63) is 71.8 Å². The first-order valence-corrected chi connectivity index (χ1v) is 10.2. The molecule has 0 aliphatic carbocycles. The van der Waals surface area contributed by atoms with Gasteiger partial charge >= 0.3 is 0 Å². The molecule has 1 atom stereocenters. The van der Waals surface area contributed by atoms with E-state index >= 15 is 0 Å². The summed E-state index contributed by atoms with van der Waals surface area (Å²) in [5, 5.41) is 13.3. The molecular formula is C25H25NO4. The lowest BCUT2D eigenvalue weighted by Gasteiger charge is -2.22. The Bertz CT molecular complexity index is 1120. The summed E-state index contributed by atoms with van der Waals surface area (Å²) in [6, 6.07) is 19.5. The Morgan fingerprint density at radius 2 is 1.83 bits per heavy atom. The molecule has 5 nitrogen and oxygen atoms in total. The minimum atomic E-state index is -1.79. The van der Waals surface area contributed by atoms with Crippen LogP contribution in [0.4, 0.5) is 5.69 Å². The van der Waals surface area contributed by atoms with Crippen molar-refractivity contribution in [3.63, 3.8) is 0 Å². The van der Waals surface area contributed by atoms with E-state index in [1.165, 1.54) is 6.92 Å². The lowest BCUT2D eigenvalue weighted by Crippen LogP contribution is -2.42. The molecule has 4 rings (SSSR count). The molecule has 0 bridgehead atoms. The fourth-order valence-electron chi connectivity index (χ4n) is 4.21. The second-order valence-corrected chi connectivity index (χ2v) is 7.88. The smallest absolute Gasteiger partial charge is 0.264 e. The van der Waals surface area contributed by atoms with Crippen molar-refractivity contribution in [2.75, 3.05) is 18.1 Å². The molecule has 30 heavy (non-hydrogen) atoms. The second kappa shape index (κ2) is 7.92. The van der Waals surface area contributed by atoms with Gasteiger partial charge in [-0.3, -0.25) is 9.59 Å². The summed E-state index contributed by atoms with van der Waals surface area (Å²) in [4.78, 5) is 26.4. The number of ether oxygens (including phenoxy) is 1. The van der Waals surface area contributed by atoms with Crippen molar-refractivity contribution in [3.8, 4) is 5.75 Å². The van der Waals surface area contributed by atoms with Crippen LogP contribution in [-0.4, -0.2) is 29.9 Å².